The van der Waals surface area contributed by atoms with Crippen LogP contribution in [0, 0.1) is 10.5 Å². The number of halogens is 1. The van der Waals surface area contributed by atoms with Crippen LogP contribution in [0.5, 0.6) is 5.75 Å². The Labute approximate surface area is 126 Å². The molecule has 1 rings (SSSR count). The van der Waals surface area contributed by atoms with E-state index >= 15 is 0 Å². The number of amides is 1. The number of nitrogens with zero attached hydrogens (tertiary/aromatic N) is 1. The van der Waals surface area contributed by atoms with E-state index in [4.69, 9.17) is 4.74 Å². The smallest absolute Gasteiger partial charge is 0.428 e. The monoisotopic (exact) mass is 376 g/mol. The molecular formula is C13H17IN2O3. The van der Waals surface area contributed by atoms with E-state index in [2.05, 4.69) is 33.1 Å². The van der Waals surface area contributed by atoms with Gasteiger partial charge in [0.15, 0.2) is 0 Å². The Hall–Kier alpha value is -1.31. The van der Waals surface area contributed by atoms with E-state index in [9.17, 15) is 9.90 Å². The molecule has 0 saturated heterocycles. The van der Waals surface area contributed by atoms with Crippen LogP contribution >= 0.6 is 22.6 Å². The summed E-state index contributed by atoms with van der Waals surface area (Å²) < 4.78 is 6.00. The molecule has 1 amide bonds. The van der Waals surface area contributed by atoms with Crippen molar-refractivity contribution in [2.75, 3.05) is 0 Å². The number of hydrogen-bond donors (Lipinski definition) is 2. The summed E-state index contributed by atoms with van der Waals surface area (Å²) in [6.07, 6.45) is 0.750. The van der Waals surface area contributed by atoms with Gasteiger partial charge in [0.2, 0.25) is 0 Å². The van der Waals surface area contributed by atoms with Crippen LogP contribution in [0.4, 0.5) is 4.79 Å². The Morgan fingerprint density at radius 1 is 1.47 bits per heavy atom. The van der Waals surface area contributed by atoms with E-state index in [0.717, 1.165) is 9.13 Å². The van der Waals surface area contributed by atoms with Gasteiger partial charge >= 0.3 is 6.09 Å². The molecule has 6 heteroatoms. The minimum absolute atomic E-state index is 0.148. The third-order valence-corrected chi connectivity index (χ3v) is 2.68. The Bertz CT molecular complexity index is 507. The third-order valence-electron chi connectivity index (χ3n) is 2.05. The van der Waals surface area contributed by atoms with Crippen molar-refractivity contribution >= 4 is 34.9 Å². The molecule has 0 radical (unpaired) electrons. The molecule has 2 N–H and O–H groups in total. The molecule has 0 unspecified atom stereocenters. The van der Waals surface area contributed by atoms with E-state index in [1.165, 1.54) is 6.21 Å². The second kappa shape index (κ2) is 6.23. The number of aryl methyl sites for hydroxylation is 1. The zero-order chi connectivity index (χ0) is 14.6. The molecule has 0 fully saturated rings. The van der Waals surface area contributed by atoms with Gasteiger partial charge in [-0.2, -0.15) is 5.10 Å². The highest BCUT2D eigenvalue weighted by atomic mass is 127. The fraction of sp³-hybridized carbons (Fsp3) is 0.385. The first-order valence-corrected chi connectivity index (χ1v) is 6.78. The largest absolute Gasteiger partial charge is 0.507 e. The lowest BCUT2D eigenvalue weighted by Gasteiger charge is -2.18. The van der Waals surface area contributed by atoms with Crippen molar-refractivity contribution in [3.05, 3.63) is 26.8 Å². The lowest BCUT2D eigenvalue weighted by atomic mass is 10.1. The van der Waals surface area contributed by atoms with Crippen LogP contribution in [0.1, 0.15) is 31.9 Å². The Kier molecular flexibility index (Phi) is 5.16. The molecule has 0 heterocycles. The van der Waals surface area contributed by atoms with E-state index < -0.39 is 11.7 Å². The van der Waals surface area contributed by atoms with E-state index in [0.29, 0.717) is 5.56 Å². The molecule has 0 bridgehead atoms. The third kappa shape index (κ3) is 5.46. The van der Waals surface area contributed by atoms with Gasteiger partial charge in [-0.3, -0.25) is 0 Å². The van der Waals surface area contributed by atoms with Gasteiger partial charge in [0, 0.05) is 9.13 Å². The number of carbonyl (C=O) groups excluding carboxylic acids is 1. The lowest BCUT2D eigenvalue weighted by Crippen LogP contribution is -2.29. The maximum Gasteiger partial charge on any atom is 0.428 e. The van der Waals surface area contributed by atoms with Crippen LogP contribution in [0.2, 0.25) is 0 Å². The highest BCUT2D eigenvalue weighted by Crippen LogP contribution is 2.23. The Balaban J connectivity index is 2.71. The van der Waals surface area contributed by atoms with Crippen molar-refractivity contribution in [2.45, 2.75) is 33.3 Å². The highest BCUT2D eigenvalue weighted by molar-refractivity contribution is 14.1. The summed E-state index contributed by atoms with van der Waals surface area (Å²) in [7, 11) is 0. The molecule has 0 aliphatic rings. The second-order valence-electron chi connectivity index (χ2n) is 5.03. The average Bonchev–Trinajstić information content (AvgIpc) is 2.22. The maximum atomic E-state index is 11.4. The van der Waals surface area contributed by atoms with Gasteiger partial charge < -0.3 is 9.84 Å². The van der Waals surface area contributed by atoms with Gasteiger partial charge in [0.25, 0.3) is 0 Å². The van der Waals surface area contributed by atoms with Gasteiger partial charge in [-0.15, -0.1) is 0 Å². The molecular weight excluding hydrogens is 359 g/mol. The first-order valence-electron chi connectivity index (χ1n) is 5.70. The number of aromatic hydroxyl groups is 1. The zero-order valence-corrected chi connectivity index (χ0v) is 13.5. The summed E-state index contributed by atoms with van der Waals surface area (Å²) in [6, 6.07) is 3.62. The van der Waals surface area contributed by atoms with E-state index in [1.54, 1.807) is 33.8 Å². The molecule has 0 aliphatic carbocycles. The minimum atomic E-state index is -0.634. The number of phenols is 1. The van der Waals surface area contributed by atoms with Crippen molar-refractivity contribution in [2.24, 2.45) is 5.10 Å². The predicted molar refractivity (Wildman–Crippen MR) is 82.5 cm³/mol. The van der Waals surface area contributed by atoms with Crippen LogP contribution in [-0.2, 0) is 4.74 Å². The standard InChI is InChI=1S/C13H17IN2O3/c1-8-5-10(14)6-9(11(8)17)7-15-16-12(18)19-13(2,3)4/h5-7,17H,1-4H3,(H,16,18). The number of phenolic OH excluding ortho intramolecular Hbond substituents is 1. The summed E-state index contributed by atoms with van der Waals surface area (Å²) in [4.78, 5) is 11.4. The van der Waals surface area contributed by atoms with Gasteiger partial charge in [0.1, 0.15) is 11.4 Å². The van der Waals surface area contributed by atoms with Crippen molar-refractivity contribution in [1.29, 1.82) is 0 Å². The normalized spacial score (nSPS) is 11.6. The molecule has 1 aromatic carbocycles. The number of carbonyl (C=O) groups is 1. The van der Waals surface area contributed by atoms with Crippen LogP contribution in [0.25, 0.3) is 0 Å². The molecule has 104 valence electrons. The Morgan fingerprint density at radius 3 is 2.68 bits per heavy atom. The summed E-state index contributed by atoms with van der Waals surface area (Å²) in [6.45, 7) is 7.11. The summed E-state index contributed by atoms with van der Waals surface area (Å²) in [5.41, 5.74) is 2.98. The first-order chi connectivity index (χ1) is 8.69. The van der Waals surface area contributed by atoms with Gasteiger partial charge in [0.05, 0.1) is 6.21 Å². The number of hydrazone groups is 1. The number of ether oxygens (including phenoxy) is 1. The molecule has 0 spiro atoms. The molecule has 0 aromatic heterocycles. The number of hydrogen-bond acceptors (Lipinski definition) is 4. The molecule has 5 nitrogen and oxygen atoms in total. The Morgan fingerprint density at radius 2 is 2.11 bits per heavy atom. The van der Waals surface area contributed by atoms with E-state index in [1.807, 2.05) is 6.07 Å². The van der Waals surface area contributed by atoms with Crippen LogP contribution in [-0.4, -0.2) is 23.0 Å². The molecule has 19 heavy (non-hydrogen) atoms. The topological polar surface area (TPSA) is 70.9 Å². The number of nitrogens with one attached hydrogen (secondary N) is 1. The van der Waals surface area contributed by atoms with E-state index in [-0.39, 0.29) is 5.75 Å². The molecule has 1 aromatic rings. The predicted octanol–water partition coefficient (Wildman–Crippen LogP) is 3.16. The van der Waals surface area contributed by atoms with Gasteiger partial charge in [-0.1, -0.05) is 0 Å². The average molecular weight is 376 g/mol. The number of rotatable bonds is 2. The van der Waals surface area contributed by atoms with Crippen LogP contribution in [0.15, 0.2) is 17.2 Å². The van der Waals surface area contributed by atoms with Crippen molar-refractivity contribution < 1.29 is 14.6 Å². The van der Waals surface area contributed by atoms with Crippen LogP contribution in [0.3, 0.4) is 0 Å². The molecule has 0 aliphatic heterocycles. The zero-order valence-electron chi connectivity index (χ0n) is 11.3. The maximum absolute atomic E-state index is 11.4. The quantitative estimate of drug-likeness (QED) is 0.473. The van der Waals surface area contributed by atoms with Gasteiger partial charge in [-0.25, -0.2) is 10.2 Å². The van der Waals surface area contributed by atoms with Gasteiger partial charge in [-0.05, 0) is 68.0 Å². The van der Waals surface area contributed by atoms with Crippen molar-refractivity contribution in [1.82, 2.24) is 5.43 Å². The lowest BCUT2D eigenvalue weighted by molar-refractivity contribution is 0.0529. The van der Waals surface area contributed by atoms with Crippen molar-refractivity contribution in [3.8, 4) is 5.75 Å². The SMILES string of the molecule is Cc1cc(I)cc(C=NNC(=O)OC(C)(C)C)c1O. The first kappa shape index (κ1) is 15.7. The second-order valence-corrected chi connectivity index (χ2v) is 6.28. The summed E-state index contributed by atoms with van der Waals surface area (Å²) >= 11 is 2.15. The highest BCUT2D eigenvalue weighted by Gasteiger charge is 2.15. The van der Waals surface area contributed by atoms with Crippen molar-refractivity contribution in [3.63, 3.8) is 0 Å². The minimum Gasteiger partial charge on any atom is -0.507 e. The molecule has 0 atom stereocenters. The van der Waals surface area contributed by atoms with Crippen LogP contribution < -0.4 is 5.43 Å². The molecule has 0 saturated carbocycles. The summed E-state index contributed by atoms with van der Waals surface area (Å²) in [5.74, 6) is 0.148. The number of benzene rings is 1. The fourth-order valence-electron chi connectivity index (χ4n) is 1.32. The summed E-state index contributed by atoms with van der Waals surface area (Å²) in [5, 5.41) is 13.6. The fourth-order valence-corrected chi connectivity index (χ4v) is 2.12.